The van der Waals surface area contributed by atoms with Gasteiger partial charge in [0.1, 0.15) is 11.2 Å². The van der Waals surface area contributed by atoms with Crippen LogP contribution in [0, 0.1) is 13.8 Å². The Bertz CT molecular complexity index is 718. The number of aromatic nitrogens is 2. The first-order valence-electron chi connectivity index (χ1n) is 8.13. The van der Waals surface area contributed by atoms with Gasteiger partial charge in [0.05, 0.1) is 5.39 Å². The first-order chi connectivity index (χ1) is 11.0. The Morgan fingerprint density at radius 2 is 2.00 bits per heavy atom. The van der Waals surface area contributed by atoms with Crippen molar-refractivity contribution in [3.63, 3.8) is 0 Å². The second-order valence-corrected chi connectivity index (χ2v) is 7.56. The summed E-state index contributed by atoms with van der Waals surface area (Å²) < 4.78 is 5.79. The minimum atomic E-state index is 0.0368. The molecule has 1 fully saturated rings. The number of fused-ring (bicyclic) bond motifs is 1. The number of thiophene rings is 1. The van der Waals surface area contributed by atoms with Crippen molar-refractivity contribution in [2.75, 3.05) is 6.61 Å². The van der Waals surface area contributed by atoms with Crippen LogP contribution in [-0.4, -0.2) is 39.5 Å². The molecule has 0 bridgehead atoms. The normalized spacial score (nSPS) is 21.7. The van der Waals surface area contributed by atoms with Crippen molar-refractivity contribution >= 4 is 27.5 Å². The average Bonchev–Trinajstić information content (AvgIpc) is 2.80. The van der Waals surface area contributed by atoms with Gasteiger partial charge in [0.2, 0.25) is 5.88 Å². The lowest BCUT2D eigenvalue weighted by Crippen LogP contribution is -2.49. The van der Waals surface area contributed by atoms with Gasteiger partial charge in [-0.25, -0.2) is 9.97 Å². The maximum Gasteiger partial charge on any atom is 0.261 e. The Morgan fingerprint density at radius 3 is 2.70 bits per heavy atom. The van der Waals surface area contributed by atoms with Gasteiger partial charge < -0.3 is 9.64 Å². The summed E-state index contributed by atoms with van der Waals surface area (Å²) in [5.41, 5.74) is 1.13. The van der Waals surface area contributed by atoms with Gasteiger partial charge in [0, 0.05) is 17.0 Å². The number of likely N-dealkylation sites (tertiary alicyclic amines) is 1. The third kappa shape index (κ3) is 3.04. The minimum Gasteiger partial charge on any atom is -0.467 e. The van der Waals surface area contributed by atoms with Crippen molar-refractivity contribution in [2.45, 2.75) is 59.0 Å². The lowest BCUT2D eigenvalue weighted by Gasteiger charge is -2.38. The fraction of sp³-hybridized carbons (Fsp3) is 0.588. The topological polar surface area (TPSA) is 55.3 Å². The van der Waals surface area contributed by atoms with Crippen molar-refractivity contribution in [3.8, 4) is 5.88 Å². The van der Waals surface area contributed by atoms with Gasteiger partial charge in [0.25, 0.3) is 5.91 Å². The molecule has 2 aromatic heterocycles. The van der Waals surface area contributed by atoms with Gasteiger partial charge >= 0.3 is 0 Å². The first-order valence-corrected chi connectivity index (χ1v) is 8.95. The van der Waals surface area contributed by atoms with E-state index in [1.54, 1.807) is 11.3 Å². The van der Waals surface area contributed by atoms with Crippen LogP contribution in [0.25, 0.3) is 10.2 Å². The van der Waals surface area contributed by atoms with Gasteiger partial charge in [-0.3, -0.25) is 4.79 Å². The lowest BCUT2D eigenvalue weighted by atomic mass is 9.97. The molecule has 0 N–H and O–H groups in total. The van der Waals surface area contributed by atoms with E-state index < -0.39 is 0 Å². The summed E-state index contributed by atoms with van der Waals surface area (Å²) in [6.45, 7) is 8.37. The summed E-state index contributed by atoms with van der Waals surface area (Å²) in [4.78, 5) is 25.2. The number of carbonyl (C=O) groups is 1. The van der Waals surface area contributed by atoms with E-state index in [9.17, 15) is 4.79 Å². The number of hydrogen-bond donors (Lipinski definition) is 0. The number of rotatable bonds is 3. The van der Waals surface area contributed by atoms with E-state index in [4.69, 9.17) is 4.74 Å². The van der Waals surface area contributed by atoms with Crippen molar-refractivity contribution in [1.29, 1.82) is 0 Å². The van der Waals surface area contributed by atoms with Crippen LogP contribution in [0.3, 0.4) is 0 Å². The molecule has 1 amide bonds. The van der Waals surface area contributed by atoms with Crippen LogP contribution < -0.4 is 4.74 Å². The Balaban J connectivity index is 1.77. The molecule has 3 heterocycles. The van der Waals surface area contributed by atoms with Gasteiger partial charge in [-0.15, -0.1) is 11.3 Å². The van der Waals surface area contributed by atoms with E-state index in [0.29, 0.717) is 5.88 Å². The quantitative estimate of drug-likeness (QED) is 0.863. The van der Waals surface area contributed by atoms with E-state index in [1.165, 1.54) is 17.6 Å². The van der Waals surface area contributed by atoms with Crippen molar-refractivity contribution in [1.82, 2.24) is 14.9 Å². The second kappa shape index (κ2) is 6.43. The molecule has 2 unspecified atom stereocenters. The molecule has 124 valence electrons. The standard InChI is InChI=1S/C17H23N3O2S/c1-10-6-5-7-11(2)20(10)14(21)8-22-16-15-12(3)13(4)23-17(15)19-9-18-16/h9-11H,5-8H2,1-4H3. The van der Waals surface area contributed by atoms with Crippen molar-refractivity contribution < 1.29 is 9.53 Å². The molecule has 6 heteroatoms. The van der Waals surface area contributed by atoms with Crippen LogP contribution >= 0.6 is 11.3 Å². The molecule has 0 spiro atoms. The number of amides is 1. The summed E-state index contributed by atoms with van der Waals surface area (Å²) in [5, 5.41) is 0.933. The predicted molar refractivity (Wildman–Crippen MR) is 92.0 cm³/mol. The fourth-order valence-electron chi connectivity index (χ4n) is 3.38. The number of carbonyl (C=O) groups excluding carboxylic acids is 1. The largest absolute Gasteiger partial charge is 0.467 e. The Morgan fingerprint density at radius 1 is 1.30 bits per heavy atom. The zero-order valence-corrected chi connectivity index (χ0v) is 14.9. The highest BCUT2D eigenvalue weighted by atomic mass is 32.1. The van der Waals surface area contributed by atoms with E-state index in [-0.39, 0.29) is 24.6 Å². The molecule has 0 aliphatic carbocycles. The molecule has 0 radical (unpaired) electrons. The third-order valence-electron chi connectivity index (χ3n) is 4.74. The molecule has 2 atom stereocenters. The third-order valence-corrected chi connectivity index (χ3v) is 5.86. The fourth-order valence-corrected chi connectivity index (χ4v) is 4.36. The zero-order valence-electron chi connectivity index (χ0n) is 14.1. The zero-order chi connectivity index (χ0) is 16.6. The SMILES string of the molecule is Cc1sc2ncnc(OCC(=O)N3C(C)CCCC3C)c2c1C. The monoisotopic (exact) mass is 333 g/mol. The summed E-state index contributed by atoms with van der Waals surface area (Å²) in [6.07, 6.45) is 4.82. The highest BCUT2D eigenvalue weighted by molar-refractivity contribution is 7.18. The molecular weight excluding hydrogens is 310 g/mol. The van der Waals surface area contributed by atoms with Gasteiger partial charge in [-0.05, 0) is 52.5 Å². The Labute approximate surface area is 140 Å². The highest BCUT2D eigenvalue weighted by Gasteiger charge is 2.29. The van der Waals surface area contributed by atoms with E-state index in [2.05, 4.69) is 30.7 Å². The van der Waals surface area contributed by atoms with Crippen LogP contribution in [-0.2, 0) is 4.79 Å². The molecule has 1 aliphatic rings. The number of aryl methyl sites for hydroxylation is 2. The highest BCUT2D eigenvalue weighted by Crippen LogP contribution is 2.33. The van der Waals surface area contributed by atoms with Crippen molar-refractivity contribution in [3.05, 3.63) is 16.8 Å². The molecule has 1 aliphatic heterocycles. The molecule has 3 rings (SSSR count). The van der Waals surface area contributed by atoms with E-state index >= 15 is 0 Å². The van der Waals surface area contributed by atoms with Crippen LogP contribution in [0.4, 0.5) is 0 Å². The average molecular weight is 333 g/mol. The first kappa shape index (κ1) is 16.2. The molecule has 23 heavy (non-hydrogen) atoms. The van der Waals surface area contributed by atoms with Gasteiger partial charge in [-0.1, -0.05) is 0 Å². The maximum absolute atomic E-state index is 12.6. The van der Waals surface area contributed by atoms with E-state index in [1.807, 2.05) is 11.8 Å². The molecular formula is C17H23N3O2S. The summed E-state index contributed by atoms with van der Waals surface area (Å²) >= 11 is 1.63. The number of nitrogens with zero attached hydrogens (tertiary/aromatic N) is 3. The maximum atomic E-state index is 12.6. The Hall–Kier alpha value is -1.69. The molecule has 5 nitrogen and oxygen atoms in total. The molecule has 0 aromatic carbocycles. The lowest BCUT2D eigenvalue weighted by molar-refractivity contribution is -0.139. The van der Waals surface area contributed by atoms with Crippen molar-refractivity contribution in [2.24, 2.45) is 0 Å². The van der Waals surface area contributed by atoms with E-state index in [0.717, 1.165) is 28.6 Å². The van der Waals surface area contributed by atoms with Gasteiger partial charge in [0.15, 0.2) is 6.61 Å². The molecule has 0 saturated carbocycles. The number of piperidine rings is 1. The van der Waals surface area contributed by atoms with Crippen LogP contribution in [0.2, 0.25) is 0 Å². The summed E-state index contributed by atoms with van der Waals surface area (Å²) in [7, 11) is 0. The van der Waals surface area contributed by atoms with Crippen LogP contribution in [0.1, 0.15) is 43.6 Å². The second-order valence-electron chi connectivity index (χ2n) is 6.36. The predicted octanol–water partition coefficient (Wildman–Crippen LogP) is 3.48. The Kier molecular flexibility index (Phi) is 4.53. The molecule has 1 saturated heterocycles. The van der Waals surface area contributed by atoms with Gasteiger partial charge in [-0.2, -0.15) is 0 Å². The van der Waals surface area contributed by atoms with Crippen LogP contribution in [0.5, 0.6) is 5.88 Å². The van der Waals surface area contributed by atoms with Crippen LogP contribution in [0.15, 0.2) is 6.33 Å². The summed E-state index contributed by atoms with van der Waals surface area (Å²) in [5.74, 6) is 0.559. The molecule has 2 aromatic rings. The summed E-state index contributed by atoms with van der Waals surface area (Å²) in [6, 6.07) is 0.566. The number of ether oxygens (including phenoxy) is 1. The number of hydrogen-bond acceptors (Lipinski definition) is 5. The smallest absolute Gasteiger partial charge is 0.261 e. The minimum absolute atomic E-state index is 0.0368.